The molecule has 0 unspecified atom stereocenters. The van der Waals surface area contributed by atoms with Gasteiger partial charge in [0.25, 0.3) is 0 Å². The molecule has 0 radical (unpaired) electrons. The summed E-state index contributed by atoms with van der Waals surface area (Å²) in [6, 6.07) is 66.7. The highest BCUT2D eigenvalue weighted by Crippen LogP contribution is 2.46. The Morgan fingerprint density at radius 2 is 0.783 bits per heavy atom. The Bertz CT molecular complexity index is 2570. The molecule has 9 aromatic carbocycles. The maximum atomic E-state index is 2.40. The fourth-order valence-electron chi connectivity index (χ4n) is 7.27. The number of hydrogen-bond acceptors (Lipinski definition) is 0. The van der Waals surface area contributed by atoms with Crippen molar-refractivity contribution in [2.24, 2.45) is 0 Å². The van der Waals surface area contributed by atoms with Gasteiger partial charge < -0.3 is 0 Å². The van der Waals surface area contributed by atoms with E-state index in [0.717, 1.165) is 0 Å². The monoisotopic (exact) mass is 582 g/mol. The maximum absolute atomic E-state index is 2.40. The first kappa shape index (κ1) is 26.4. The number of rotatable bonds is 4. The molecule has 0 amide bonds. The molecular formula is C46H30. The maximum Gasteiger partial charge on any atom is -0.00199 e. The van der Waals surface area contributed by atoms with Crippen LogP contribution in [0.2, 0.25) is 0 Å². The van der Waals surface area contributed by atoms with Gasteiger partial charge in [0.1, 0.15) is 0 Å². The van der Waals surface area contributed by atoms with E-state index in [0.29, 0.717) is 0 Å². The number of fused-ring (bicyclic) bond motifs is 5. The number of hydrogen-bond donors (Lipinski definition) is 0. The molecule has 0 N–H and O–H groups in total. The predicted octanol–water partition coefficient (Wildman–Crippen LogP) is 13.0. The molecule has 0 saturated carbocycles. The van der Waals surface area contributed by atoms with Crippen LogP contribution in [0.1, 0.15) is 0 Å². The van der Waals surface area contributed by atoms with E-state index in [1.165, 1.54) is 87.6 Å². The molecule has 9 rings (SSSR count). The van der Waals surface area contributed by atoms with Gasteiger partial charge in [-0.05, 0) is 106 Å². The summed E-state index contributed by atoms with van der Waals surface area (Å²) in [5, 5.41) is 10.1. The fraction of sp³-hybridized carbons (Fsp3) is 0. The van der Waals surface area contributed by atoms with E-state index >= 15 is 0 Å². The summed E-state index contributed by atoms with van der Waals surface area (Å²) < 4.78 is 0. The molecule has 0 saturated heterocycles. The molecule has 0 heteroatoms. The second-order valence-corrected chi connectivity index (χ2v) is 12.1. The van der Waals surface area contributed by atoms with Crippen molar-refractivity contribution in [3.8, 4) is 44.5 Å². The number of benzene rings is 9. The smallest absolute Gasteiger partial charge is 0.00199 e. The molecule has 0 heterocycles. The third-order valence-corrected chi connectivity index (χ3v) is 9.42. The van der Waals surface area contributed by atoms with Crippen molar-refractivity contribution in [1.29, 1.82) is 0 Å². The summed E-state index contributed by atoms with van der Waals surface area (Å²) in [7, 11) is 0. The van der Waals surface area contributed by atoms with Crippen LogP contribution >= 0.6 is 0 Å². The van der Waals surface area contributed by atoms with E-state index in [9.17, 15) is 0 Å². The highest BCUT2D eigenvalue weighted by atomic mass is 14.2. The van der Waals surface area contributed by atoms with Gasteiger partial charge in [-0.1, -0.05) is 164 Å². The molecular weight excluding hydrogens is 553 g/mol. The molecule has 46 heavy (non-hydrogen) atoms. The minimum Gasteiger partial charge on any atom is -0.0622 e. The molecule has 0 aliphatic rings. The summed E-state index contributed by atoms with van der Waals surface area (Å²) in [4.78, 5) is 0. The van der Waals surface area contributed by atoms with Crippen molar-refractivity contribution >= 4 is 43.1 Å². The first-order valence-corrected chi connectivity index (χ1v) is 15.9. The lowest BCUT2D eigenvalue weighted by Gasteiger charge is -2.20. The Kier molecular flexibility index (Phi) is 6.25. The lowest BCUT2D eigenvalue weighted by molar-refractivity contribution is 1.61. The third kappa shape index (κ3) is 4.38. The van der Waals surface area contributed by atoms with Gasteiger partial charge in [-0.15, -0.1) is 0 Å². The van der Waals surface area contributed by atoms with Crippen LogP contribution < -0.4 is 0 Å². The zero-order chi connectivity index (χ0) is 30.5. The molecule has 9 aromatic rings. The van der Waals surface area contributed by atoms with Crippen LogP contribution in [0.25, 0.3) is 87.6 Å². The Morgan fingerprint density at radius 1 is 0.217 bits per heavy atom. The highest BCUT2D eigenvalue weighted by molar-refractivity contribution is 6.22. The third-order valence-electron chi connectivity index (χ3n) is 9.42. The average Bonchev–Trinajstić information content (AvgIpc) is 3.14. The van der Waals surface area contributed by atoms with Crippen molar-refractivity contribution in [2.45, 2.75) is 0 Å². The SMILES string of the molecule is c1ccc(-c2ccc3c(c2)c(-c2ccc4ccccc4c2)c(-c2cccc(-c4cccc5ccccc45)c2)c2ccccc23)cc1. The van der Waals surface area contributed by atoms with Crippen LogP contribution in [0.15, 0.2) is 182 Å². The quantitative estimate of drug-likeness (QED) is 0.181. The van der Waals surface area contributed by atoms with Crippen LogP contribution in [0, 0.1) is 0 Å². The van der Waals surface area contributed by atoms with E-state index < -0.39 is 0 Å². The summed E-state index contributed by atoms with van der Waals surface area (Å²) in [6.45, 7) is 0. The Morgan fingerprint density at radius 3 is 1.65 bits per heavy atom. The molecule has 0 aliphatic heterocycles. The van der Waals surface area contributed by atoms with Gasteiger partial charge in [0.15, 0.2) is 0 Å². The molecule has 0 spiro atoms. The van der Waals surface area contributed by atoms with Gasteiger partial charge in [-0.25, -0.2) is 0 Å². The summed E-state index contributed by atoms with van der Waals surface area (Å²) in [5.74, 6) is 0. The van der Waals surface area contributed by atoms with E-state index in [2.05, 4.69) is 182 Å². The second kappa shape index (κ2) is 10.9. The van der Waals surface area contributed by atoms with Gasteiger partial charge in [-0.3, -0.25) is 0 Å². The van der Waals surface area contributed by atoms with E-state index in [-0.39, 0.29) is 0 Å². The van der Waals surface area contributed by atoms with E-state index in [1.807, 2.05) is 0 Å². The van der Waals surface area contributed by atoms with Crippen LogP contribution in [0.5, 0.6) is 0 Å². The van der Waals surface area contributed by atoms with Gasteiger partial charge >= 0.3 is 0 Å². The molecule has 0 bridgehead atoms. The Labute approximate surface area is 268 Å². The van der Waals surface area contributed by atoms with E-state index in [1.54, 1.807) is 0 Å². The molecule has 214 valence electrons. The first-order chi connectivity index (χ1) is 22.8. The Balaban J connectivity index is 1.40. The minimum absolute atomic E-state index is 1.22. The first-order valence-electron chi connectivity index (χ1n) is 15.9. The van der Waals surface area contributed by atoms with Crippen molar-refractivity contribution < 1.29 is 0 Å². The molecule has 0 aromatic heterocycles. The molecule has 0 aliphatic carbocycles. The van der Waals surface area contributed by atoms with Crippen LogP contribution in [0.4, 0.5) is 0 Å². The van der Waals surface area contributed by atoms with Crippen molar-refractivity contribution in [3.05, 3.63) is 182 Å². The highest BCUT2D eigenvalue weighted by Gasteiger charge is 2.19. The Hall–Kier alpha value is -5.98. The molecule has 0 nitrogen and oxygen atoms in total. The van der Waals surface area contributed by atoms with Crippen molar-refractivity contribution in [1.82, 2.24) is 0 Å². The largest absolute Gasteiger partial charge is 0.0622 e. The van der Waals surface area contributed by atoms with E-state index in [4.69, 9.17) is 0 Å². The normalized spacial score (nSPS) is 11.5. The summed E-state index contributed by atoms with van der Waals surface area (Å²) in [6.07, 6.45) is 0. The van der Waals surface area contributed by atoms with Crippen molar-refractivity contribution in [3.63, 3.8) is 0 Å². The van der Waals surface area contributed by atoms with Gasteiger partial charge in [-0.2, -0.15) is 0 Å². The van der Waals surface area contributed by atoms with Gasteiger partial charge in [0.2, 0.25) is 0 Å². The van der Waals surface area contributed by atoms with Gasteiger partial charge in [0, 0.05) is 0 Å². The average molecular weight is 583 g/mol. The fourth-order valence-corrected chi connectivity index (χ4v) is 7.27. The topological polar surface area (TPSA) is 0 Å². The summed E-state index contributed by atoms with van der Waals surface area (Å²) >= 11 is 0. The molecule has 0 fully saturated rings. The lowest BCUT2D eigenvalue weighted by atomic mass is 9.83. The predicted molar refractivity (Wildman–Crippen MR) is 198 cm³/mol. The van der Waals surface area contributed by atoms with Crippen LogP contribution in [-0.4, -0.2) is 0 Å². The second-order valence-electron chi connectivity index (χ2n) is 12.1. The van der Waals surface area contributed by atoms with Crippen LogP contribution in [0.3, 0.4) is 0 Å². The van der Waals surface area contributed by atoms with Gasteiger partial charge in [0.05, 0.1) is 0 Å². The minimum atomic E-state index is 1.22. The lowest BCUT2D eigenvalue weighted by Crippen LogP contribution is -1.93. The van der Waals surface area contributed by atoms with Crippen LogP contribution in [-0.2, 0) is 0 Å². The zero-order valence-corrected chi connectivity index (χ0v) is 25.3. The van der Waals surface area contributed by atoms with Crippen molar-refractivity contribution in [2.75, 3.05) is 0 Å². The standard InChI is InChI=1S/C46H30/c1-2-12-31(13-3-1)35-26-27-42-41-21-8-9-22-43(41)45(46(44(42)30-35)38-25-24-32-14-4-5-16-34(32)28-38)37-19-10-18-36(29-37)40-23-11-17-33-15-6-7-20-39(33)40/h1-30H. The summed E-state index contributed by atoms with van der Waals surface area (Å²) in [5.41, 5.74) is 9.91. The zero-order valence-electron chi connectivity index (χ0n) is 25.3. The molecule has 0 atom stereocenters.